The predicted molar refractivity (Wildman–Crippen MR) is 61.4 cm³/mol. The quantitative estimate of drug-likeness (QED) is 0.739. The van der Waals surface area contributed by atoms with Crippen molar-refractivity contribution < 1.29 is 14.3 Å². The molecule has 0 aromatic heterocycles. The minimum atomic E-state index is -0.463. The smallest absolute Gasteiger partial charge is 0.407 e. The van der Waals surface area contributed by atoms with E-state index in [1.807, 2.05) is 27.7 Å². The minimum absolute atomic E-state index is 0.0151. The van der Waals surface area contributed by atoms with Gasteiger partial charge in [0.15, 0.2) is 0 Å². The molecule has 2 N–H and O–H groups in total. The Labute approximate surface area is 96.9 Å². The van der Waals surface area contributed by atoms with Crippen LogP contribution in [0.1, 0.15) is 27.7 Å². The molecule has 0 aromatic rings. The van der Waals surface area contributed by atoms with Crippen LogP contribution in [-0.2, 0) is 9.47 Å². The molecule has 0 aliphatic carbocycles. The number of carbonyl (C=O) groups is 1. The van der Waals surface area contributed by atoms with E-state index in [4.69, 9.17) is 9.47 Å². The summed E-state index contributed by atoms with van der Waals surface area (Å²) in [5.74, 6) is 0. The van der Waals surface area contributed by atoms with Gasteiger partial charge in [0.1, 0.15) is 5.60 Å². The standard InChI is InChI=1S/C11H22N2O3/c1-8(9-7-12-5-6-15-9)13-10(14)16-11(2,3)4/h8-9,12H,5-7H2,1-4H3,(H,13,14)/t8-,9+/m0/s1. The average molecular weight is 230 g/mol. The summed E-state index contributed by atoms with van der Waals surface area (Å²) in [5, 5.41) is 6.00. The van der Waals surface area contributed by atoms with Gasteiger partial charge in [0.05, 0.1) is 18.8 Å². The lowest BCUT2D eigenvalue weighted by Gasteiger charge is -2.30. The summed E-state index contributed by atoms with van der Waals surface area (Å²) in [6, 6.07) is -0.0531. The number of nitrogens with one attached hydrogen (secondary N) is 2. The van der Waals surface area contributed by atoms with Gasteiger partial charge in [-0.05, 0) is 27.7 Å². The van der Waals surface area contributed by atoms with Gasteiger partial charge in [0.25, 0.3) is 0 Å². The molecule has 0 unspecified atom stereocenters. The number of alkyl carbamates (subject to hydrolysis) is 1. The maximum absolute atomic E-state index is 11.5. The van der Waals surface area contributed by atoms with Crippen molar-refractivity contribution in [2.75, 3.05) is 19.7 Å². The van der Waals surface area contributed by atoms with Crippen molar-refractivity contribution in [1.82, 2.24) is 10.6 Å². The van der Waals surface area contributed by atoms with Crippen LogP contribution < -0.4 is 10.6 Å². The van der Waals surface area contributed by atoms with Crippen molar-refractivity contribution in [2.24, 2.45) is 0 Å². The molecule has 5 heteroatoms. The van der Waals surface area contributed by atoms with Gasteiger partial charge in [0, 0.05) is 13.1 Å². The van der Waals surface area contributed by atoms with Gasteiger partial charge in [-0.2, -0.15) is 0 Å². The Hall–Kier alpha value is -0.810. The molecule has 1 saturated heterocycles. The molecule has 0 bridgehead atoms. The van der Waals surface area contributed by atoms with Crippen LogP contribution in [0.15, 0.2) is 0 Å². The molecule has 1 aliphatic rings. The van der Waals surface area contributed by atoms with E-state index >= 15 is 0 Å². The number of hydrogen-bond acceptors (Lipinski definition) is 4. The van der Waals surface area contributed by atoms with Crippen molar-refractivity contribution in [3.8, 4) is 0 Å². The number of hydrogen-bond donors (Lipinski definition) is 2. The number of ether oxygens (including phenoxy) is 2. The summed E-state index contributed by atoms with van der Waals surface area (Å²) in [5.41, 5.74) is -0.463. The van der Waals surface area contributed by atoms with Crippen molar-refractivity contribution in [3.63, 3.8) is 0 Å². The summed E-state index contributed by atoms with van der Waals surface area (Å²) in [6.07, 6.45) is -0.379. The highest BCUT2D eigenvalue weighted by Gasteiger charge is 2.24. The summed E-state index contributed by atoms with van der Waals surface area (Å²) < 4.78 is 10.7. The lowest BCUT2D eigenvalue weighted by Crippen LogP contribution is -2.51. The van der Waals surface area contributed by atoms with Crippen LogP contribution in [0.4, 0.5) is 4.79 Å². The number of amides is 1. The number of morpholine rings is 1. The van der Waals surface area contributed by atoms with Gasteiger partial charge in [-0.15, -0.1) is 0 Å². The third kappa shape index (κ3) is 4.81. The van der Waals surface area contributed by atoms with E-state index in [2.05, 4.69) is 10.6 Å². The van der Waals surface area contributed by atoms with E-state index in [9.17, 15) is 4.79 Å². The zero-order chi connectivity index (χ0) is 12.2. The fourth-order valence-corrected chi connectivity index (χ4v) is 1.49. The lowest BCUT2D eigenvalue weighted by molar-refractivity contribution is 0.00141. The summed E-state index contributed by atoms with van der Waals surface area (Å²) >= 11 is 0. The summed E-state index contributed by atoms with van der Waals surface area (Å²) in [4.78, 5) is 11.5. The second kappa shape index (κ2) is 5.50. The predicted octanol–water partition coefficient (Wildman–Crippen LogP) is 0.888. The molecule has 2 atom stereocenters. The van der Waals surface area contributed by atoms with Gasteiger partial charge in [-0.25, -0.2) is 4.79 Å². The SMILES string of the molecule is C[C@H](NC(=O)OC(C)(C)C)[C@H]1CNCCO1. The van der Waals surface area contributed by atoms with Crippen LogP contribution in [0.5, 0.6) is 0 Å². The normalized spacial score (nSPS) is 23.6. The number of rotatable bonds is 2. The highest BCUT2D eigenvalue weighted by atomic mass is 16.6. The molecular formula is C11H22N2O3. The molecule has 0 radical (unpaired) electrons. The van der Waals surface area contributed by atoms with E-state index in [1.165, 1.54) is 0 Å². The molecular weight excluding hydrogens is 208 g/mol. The van der Waals surface area contributed by atoms with E-state index < -0.39 is 11.7 Å². The molecule has 0 spiro atoms. The fourth-order valence-electron chi connectivity index (χ4n) is 1.49. The second-order valence-corrected chi connectivity index (χ2v) is 5.05. The first-order chi connectivity index (χ1) is 7.38. The Bertz CT molecular complexity index is 232. The largest absolute Gasteiger partial charge is 0.444 e. The van der Waals surface area contributed by atoms with E-state index in [-0.39, 0.29) is 12.1 Å². The average Bonchev–Trinajstić information content (AvgIpc) is 2.16. The van der Waals surface area contributed by atoms with Crippen LogP contribution >= 0.6 is 0 Å². The van der Waals surface area contributed by atoms with Gasteiger partial charge in [-0.1, -0.05) is 0 Å². The van der Waals surface area contributed by atoms with Crippen LogP contribution in [0, 0.1) is 0 Å². The molecule has 1 fully saturated rings. The molecule has 16 heavy (non-hydrogen) atoms. The second-order valence-electron chi connectivity index (χ2n) is 5.05. The molecule has 5 nitrogen and oxygen atoms in total. The van der Waals surface area contributed by atoms with Crippen LogP contribution in [0.25, 0.3) is 0 Å². The Morgan fingerprint density at radius 1 is 1.56 bits per heavy atom. The molecule has 0 aromatic carbocycles. The summed E-state index contributed by atoms with van der Waals surface area (Å²) in [6.45, 7) is 9.76. The van der Waals surface area contributed by atoms with E-state index in [0.717, 1.165) is 13.1 Å². The Kier molecular flexibility index (Phi) is 4.56. The zero-order valence-corrected chi connectivity index (χ0v) is 10.5. The lowest BCUT2D eigenvalue weighted by atomic mass is 10.1. The van der Waals surface area contributed by atoms with Crippen molar-refractivity contribution >= 4 is 6.09 Å². The van der Waals surface area contributed by atoms with Crippen LogP contribution in [-0.4, -0.2) is 43.5 Å². The first kappa shape index (κ1) is 13.3. The minimum Gasteiger partial charge on any atom is -0.444 e. The maximum atomic E-state index is 11.5. The Morgan fingerprint density at radius 2 is 2.25 bits per heavy atom. The van der Waals surface area contributed by atoms with Crippen molar-refractivity contribution in [2.45, 2.75) is 45.4 Å². The Balaban J connectivity index is 2.32. The Morgan fingerprint density at radius 3 is 2.75 bits per heavy atom. The molecule has 1 heterocycles. The van der Waals surface area contributed by atoms with E-state index in [1.54, 1.807) is 0 Å². The van der Waals surface area contributed by atoms with Gasteiger partial charge in [0.2, 0.25) is 0 Å². The van der Waals surface area contributed by atoms with Crippen molar-refractivity contribution in [3.05, 3.63) is 0 Å². The molecule has 0 saturated carbocycles. The molecule has 1 aliphatic heterocycles. The van der Waals surface area contributed by atoms with E-state index in [0.29, 0.717) is 6.61 Å². The monoisotopic (exact) mass is 230 g/mol. The molecule has 94 valence electrons. The highest BCUT2D eigenvalue weighted by Crippen LogP contribution is 2.08. The molecule has 1 rings (SSSR count). The van der Waals surface area contributed by atoms with Crippen LogP contribution in [0.2, 0.25) is 0 Å². The summed E-state index contributed by atoms with van der Waals surface area (Å²) in [7, 11) is 0. The fraction of sp³-hybridized carbons (Fsp3) is 0.909. The third-order valence-electron chi connectivity index (χ3n) is 2.26. The molecule has 1 amide bonds. The van der Waals surface area contributed by atoms with Gasteiger partial charge < -0.3 is 20.1 Å². The maximum Gasteiger partial charge on any atom is 0.407 e. The first-order valence-electron chi connectivity index (χ1n) is 5.70. The zero-order valence-electron chi connectivity index (χ0n) is 10.5. The number of carbonyl (C=O) groups excluding carboxylic acids is 1. The first-order valence-corrected chi connectivity index (χ1v) is 5.70. The van der Waals surface area contributed by atoms with Gasteiger partial charge in [-0.3, -0.25) is 0 Å². The van der Waals surface area contributed by atoms with Gasteiger partial charge >= 0.3 is 6.09 Å². The topological polar surface area (TPSA) is 59.6 Å². The third-order valence-corrected chi connectivity index (χ3v) is 2.26. The van der Waals surface area contributed by atoms with Crippen LogP contribution in [0.3, 0.4) is 0 Å². The highest BCUT2D eigenvalue weighted by molar-refractivity contribution is 5.68. The van der Waals surface area contributed by atoms with Crippen molar-refractivity contribution in [1.29, 1.82) is 0 Å².